The second kappa shape index (κ2) is 5.24. The first-order chi connectivity index (χ1) is 9.29. The molecular weight excluding hydrogens is 269 g/mol. The Kier molecular flexibility index (Phi) is 3.80. The lowest BCUT2D eigenvalue weighted by Crippen LogP contribution is -2.18. The van der Waals surface area contributed by atoms with Crippen LogP contribution in [0.5, 0.6) is 0 Å². The van der Waals surface area contributed by atoms with Gasteiger partial charge in [0.05, 0.1) is 11.6 Å². The average Bonchev–Trinajstić information content (AvgIpc) is 2.86. The van der Waals surface area contributed by atoms with Crippen molar-refractivity contribution in [1.29, 1.82) is 0 Å². The molecule has 108 valence electrons. The Labute approximate surface area is 114 Å². The summed E-state index contributed by atoms with van der Waals surface area (Å²) in [6.45, 7) is 3.90. The molecule has 20 heavy (non-hydrogen) atoms. The minimum Gasteiger partial charge on any atom is -0.321 e. The number of aromatic nitrogens is 3. The van der Waals surface area contributed by atoms with Crippen LogP contribution in [-0.4, -0.2) is 15.2 Å². The van der Waals surface area contributed by atoms with E-state index in [9.17, 15) is 13.2 Å². The van der Waals surface area contributed by atoms with Gasteiger partial charge in [0.25, 0.3) is 0 Å². The molecule has 1 aromatic carbocycles. The van der Waals surface area contributed by atoms with Crippen LogP contribution < -0.4 is 5.73 Å². The molecule has 0 radical (unpaired) electrons. The van der Waals surface area contributed by atoms with Crippen LogP contribution in [0, 0.1) is 5.92 Å². The number of benzene rings is 1. The molecule has 0 aliphatic carbocycles. The third-order valence-electron chi connectivity index (χ3n) is 3.01. The van der Waals surface area contributed by atoms with Gasteiger partial charge in [0.15, 0.2) is 5.82 Å². The van der Waals surface area contributed by atoms with Crippen LogP contribution in [0.3, 0.4) is 0 Å². The normalized spacial score (nSPS) is 13.8. The van der Waals surface area contributed by atoms with Crippen molar-refractivity contribution in [3.63, 3.8) is 0 Å². The van der Waals surface area contributed by atoms with Crippen LogP contribution in [0.15, 0.2) is 24.3 Å². The zero-order valence-corrected chi connectivity index (χ0v) is 11.1. The maximum Gasteiger partial charge on any atom is 0.416 e. The average molecular weight is 284 g/mol. The number of halogens is 3. The van der Waals surface area contributed by atoms with Gasteiger partial charge in [0.2, 0.25) is 0 Å². The summed E-state index contributed by atoms with van der Waals surface area (Å²) in [6.07, 6.45) is -4.34. The number of aromatic amines is 1. The highest BCUT2D eigenvalue weighted by Gasteiger charge is 2.30. The van der Waals surface area contributed by atoms with Gasteiger partial charge in [-0.2, -0.15) is 18.3 Å². The lowest BCUT2D eigenvalue weighted by Gasteiger charge is -2.11. The fourth-order valence-electron chi connectivity index (χ4n) is 1.68. The molecule has 3 N–H and O–H groups in total. The number of rotatable bonds is 3. The van der Waals surface area contributed by atoms with Crippen molar-refractivity contribution in [2.45, 2.75) is 26.1 Å². The molecule has 0 fully saturated rings. The Morgan fingerprint density at radius 3 is 2.25 bits per heavy atom. The van der Waals surface area contributed by atoms with Crippen LogP contribution in [0.4, 0.5) is 13.2 Å². The number of hydrogen-bond donors (Lipinski definition) is 2. The number of H-pyrrole nitrogens is 1. The van der Waals surface area contributed by atoms with Gasteiger partial charge in [-0.3, -0.25) is 5.10 Å². The molecule has 0 aliphatic rings. The minimum absolute atomic E-state index is 0.184. The Hall–Kier alpha value is -1.89. The van der Waals surface area contributed by atoms with E-state index < -0.39 is 11.7 Å². The molecule has 0 saturated carbocycles. The molecule has 1 atom stereocenters. The molecule has 2 aromatic rings. The standard InChI is InChI=1S/C13H15F3N4/c1-7(2)10(17)12-18-11(19-20-12)8-3-5-9(6-4-8)13(14,15)16/h3-7,10H,17H2,1-2H3,(H,18,19,20). The molecule has 0 spiro atoms. The topological polar surface area (TPSA) is 67.6 Å². The summed E-state index contributed by atoms with van der Waals surface area (Å²) < 4.78 is 37.4. The first-order valence-corrected chi connectivity index (χ1v) is 6.14. The van der Waals surface area contributed by atoms with Gasteiger partial charge in [-0.25, -0.2) is 4.98 Å². The van der Waals surface area contributed by atoms with E-state index in [0.717, 1.165) is 12.1 Å². The van der Waals surface area contributed by atoms with Gasteiger partial charge in [-0.05, 0) is 18.1 Å². The molecule has 2 rings (SSSR count). The molecule has 0 aliphatic heterocycles. The van der Waals surface area contributed by atoms with Gasteiger partial charge in [-0.15, -0.1) is 0 Å². The molecular formula is C13H15F3N4. The zero-order chi connectivity index (χ0) is 14.9. The number of nitrogens with one attached hydrogen (secondary N) is 1. The smallest absolute Gasteiger partial charge is 0.321 e. The van der Waals surface area contributed by atoms with Crippen molar-refractivity contribution >= 4 is 0 Å². The van der Waals surface area contributed by atoms with Crippen molar-refractivity contribution in [2.24, 2.45) is 11.7 Å². The van der Waals surface area contributed by atoms with E-state index in [1.807, 2.05) is 13.8 Å². The van der Waals surface area contributed by atoms with E-state index in [2.05, 4.69) is 15.2 Å². The van der Waals surface area contributed by atoms with Crippen molar-refractivity contribution < 1.29 is 13.2 Å². The monoisotopic (exact) mass is 284 g/mol. The predicted octanol–water partition coefficient (Wildman–Crippen LogP) is 3.15. The van der Waals surface area contributed by atoms with Crippen molar-refractivity contribution in [3.05, 3.63) is 35.7 Å². The second-order valence-corrected chi connectivity index (χ2v) is 4.89. The molecule has 0 saturated heterocycles. The predicted molar refractivity (Wildman–Crippen MR) is 68.6 cm³/mol. The van der Waals surface area contributed by atoms with Crippen molar-refractivity contribution in [3.8, 4) is 11.4 Å². The highest BCUT2D eigenvalue weighted by atomic mass is 19.4. The summed E-state index contributed by atoms with van der Waals surface area (Å²) in [7, 11) is 0. The van der Waals surface area contributed by atoms with Crippen LogP contribution in [-0.2, 0) is 6.18 Å². The van der Waals surface area contributed by atoms with E-state index in [4.69, 9.17) is 5.73 Å². The van der Waals surface area contributed by atoms with E-state index in [0.29, 0.717) is 17.2 Å². The minimum atomic E-state index is -4.34. The Morgan fingerprint density at radius 1 is 1.15 bits per heavy atom. The summed E-state index contributed by atoms with van der Waals surface area (Å²) in [6, 6.07) is 4.42. The summed E-state index contributed by atoms with van der Waals surface area (Å²) in [4.78, 5) is 4.22. The fourth-order valence-corrected chi connectivity index (χ4v) is 1.68. The number of nitrogens with two attached hydrogens (primary N) is 1. The van der Waals surface area contributed by atoms with Crippen LogP contribution in [0.2, 0.25) is 0 Å². The maximum absolute atomic E-state index is 12.5. The van der Waals surface area contributed by atoms with Crippen LogP contribution >= 0.6 is 0 Å². The summed E-state index contributed by atoms with van der Waals surface area (Å²) >= 11 is 0. The molecule has 1 unspecified atom stereocenters. The van der Waals surface area contributed by atoms with Gasteiger partial charge < -0.3 is 5.73 Å². The quantitative estimate of drug-likeness (QED) is 0.909. The Balaban J connectivity index is 2.25. The van der Waals surface area contributed by atoms with Crippen LogP contribution in [0.25, 0.3) is 11.4 Å². The molecule has 0 amide bonds. The third-order valence-corrected chi connectivity index (χ3v) is 3.01. The number of alkyl halides is 3. The summed E-state index contributed by atoms with van der Waals surface area (Å²) in [5.74, 6) is 1.04. The number of hydrogen-bond acceptors (Lipinski definition) is 3. The van der Waals surface area contributed by atoms with Gasteiger partial charge in [-0.1, -0.05) is 26.0 Å². The lowest BCUT2D eigenvalue weighted by atomic mass is 10.1. The number of nitrogens with zero attached hydrogens (tertiary/aromatic N) is 2. The van der Waals surface area contributed by atoms with E-state index in [1.165, 1.54) is 12.1 Å². The van der Waals surface area contributed by atoms with E-state index in [1.54, 1.807) is 0 Å². The van der Waals surface area contributed by atoms with Crippen molar-refractivity contribution in [2.75, 3.05) is 0 Å². The lowest BCUT2D eigenvalue weighted by molar-refractivity contribution is -0.137. The van der Waals surface area contributed by atoms with Crippen LogP contribution in [0.1, 0.15) is 31.3 Å². The van der Waals surface area contributed by atoms with Crippen molar-refractivity contribution in [1.82, 2.24) is 15.2 Å². The molecule has 1 heterocycles. The molecule has 4 nitrogen and oxygen atoms in total. The molecule has 7 heteroatoms. The fraction of sp³-hybridized carbons (Fsp3) is 0.385. The first kappa shape index (κ1) is 14.5. The van der Waals surface area contributed by atoms with Gasteiger partial charge >= 0.3 is 6.18 Å². The van der Waals surface area contributed by atoms with Gasteiger partial charge in [0.1, 0.15) is 5.82 Å². The molecule has 1 aromatic heterocycles. The summed E-state index contributed by atoms with van der Waals surface area (Å²) in [5.41, 5.74) is 5.74. The first-order valence-electron chi connectivity index (χ1n) is 6.14. The maximum atomic E-state index is 12.5. The third kappa shape index (κ3) is 2.98. The SMILES string of the molecule is CC(C)C(N)c1nc(-c2ccc(C(F)(F)F)cc2)n[nH]1. The Bertz CT molecular complexity index is 572. The van der Waals surface area contributed by atoms with E-state index >= 15 is 0 Å². The summed E-state index contributed by atoms with van der Waals surface area (Å²) in [5, 5.41) is 6.71. The largest absolute Gasteiger partial charge is 0.416 e. The highest BCUT2D eigenvalue weighted by molar-refractivity contribution is 5.55. The molecule has 0 bridgehead atoms. The Morgan fingerprint density at radius 2 is 1.75 bits per heavy atom. The second-order valence-electron chi connectivity index (χ2n) is 4.89. The highest BCUT2D eigenvalue weighted by Crippen LogP contribution is 2.30. The zero-order valence-electron chi connectivity index (χ0n) is 11.1. The van der Waals surface area contributed by atoms with Gasteiger partial charge in [0, 0.05) is 5.56 Å². The van der Waals surface area contributed by atoms with E-state index in [-0.39, 0.29) is 12.0 Å².